The SMILES string of the molecule is CC(CC(O)c1ccccc1)NC(=O)C1OCCc2ccccc21. The summed E-state index contributed by atoms with van der Waals surface area (Å²) in [6.07, 6.45) is 0.138. The Labute approximate surface area is 142 Å². The lowest BCUT2D eigenvalue weighted by Crippen LogP contribution is -2.39. The average molecular weight is 325 g/mol. The first-order valence-corrected chi connectivity index (χ1v) is 8.38. The van der Waals surface area contributed by atoms with Crippen molar-refractivity contribution in [2.75, 3.05) is 6.61 Å². The predicted octanol–water partition coefficient (Wildman–Crippen LogP) is 2.93. The van der Waals surface area contributed by atoms with Gasteiger partial charge in [0, 0.05) is 6.04 Å². The van der Waals surface area contributed by atoms with Gasteiger partial charge in [0.05, 0.1) is 12.7 Å². The van der Waals surface area contributed by atoms with Crippen molar-refractivity contribution in [3.8, 4) is 0 Å². The molecule has 0 bridgehead atoms. The van der Waals surface area contributed by atoms with Crippen LogP contribution < -0.4 is 5.32 Å². The van der Waals surface area contributed by atoms with Gasteiger partial charge in [0.1, 0.15) is 0 Å². The van der Waals surface area contributed by atoms with Crippen molar-refractivity contribution in [2.24, 2.45) is 0 Å². The summed E-state index contributed by atoms with van der Waals surface area (Å²) in [6, 6.07) is 17.2. The van der Waals surface area contributed by atoms with E-state index in [4.69, 9.17) is 4.74 Å². The smallest absolute Gasteiger partial charge is 0.253 e. The van der Waals surface area contributed by atoms with Gasteiger partial charge in [-0.2, -0.15) is 0 Å². The number of amides is 1. The van der Waals surface area contributed by atoms with Crippen LogP contribution in [0.25, 0.3) is 0 Å². The summed E-state index contributed by atoms with van der Waals surface area (Å²) in [7, 11) is 0. The standard InChI is InChI=1S/C20H23NO3/c1-14(13-18(22)16-8-3-2-4-9-16)21-20(23)19-17-10-6-5-7-15(17)11-12-24-19/h2-10,14,18-19,22H,11-13H2,1H3,(H,21,23). The van der Waals surface area contributed by atoms with Crippen molar-refractivity contribution < 1.29 is 14.6 Å². The third-order valence-corrected chi connectivity index (χ3v) is 4.38. The Balaban J connectivity index is 1.61. The number of hydrogen-bond donors (Lipinski definition) is 2. The van der Waals surface area contributed by atoms with Crippen molar-refractivity contribution in [3.05, 3.63) is 71.3 Å². The number of aliphatic hydroxyl groups excluding tert-OH is 1. The number of fused-ring (bicyclic) bond motifs is 1. The summed E-state index contributed by atoms with van der Waals surface area (Å²) >= 11 is 0. The van der Waals surface area contributed by atoms with E-state index in [-0.39, 0.29) is 11.9 Å². The van der Waals surface area contributed by atoms with E-state index in [1.807, 2.05) is 61.5 Å². The normalized spacial score (nSPS) is 19.2. The summed E-state index contributed by atoms with van der Waals surface area (Å²) in [6.45, 7) is 2.45. The molecule has 1 amide bonds. The number of nitrogens with one attached hydrogen (secondary N) is 1. The second kappa shape index (κ2) is 7.60. The summed E-state index contributed by atoms with van der Waals surface area (Å²) in [5.41, 5.74) is 2.97. The molecule has 1 heterocycles. The topological polar surface area (TPSA) is 58.6 Å². The highest BCUT2D eigenvalue weighted by molar-refractivity contribution is 5.83. The molecule has 0 fully saturated rings. The van der Waals surface area contributed by atoms with Crippen molar-refractivity contribution >= 4 is 5.91 Å². The lowest BCUT2D eigenvalue weighted by Gasteiger charge is -2.27. The van der Waals surface area contributed by atoms with Crippen LogP contribution >= 0.6 is 0 Å². The van der Waals surface area contributed by atoms with Gasteiger partial charge in [0.25, 0.3) is 5.91 Å². The number of aliphatic hydroxyl groups is 1. The van der Waals surface area contributed by atoms with E-state index < -0.39 is 12.2 Å². The highest BCUT2D eigenvalue weighted by Crippen LogP contribution is 2.27. The van der Waals surface area contributed by atoms with Crippen LogP contribution in [0.5, 0.6) is 0 Å². The minimum atomic E-state index is -0.596. The third kappa shape index (κ3) is 3.83. The molecule has 24 heavy (non-hydrogen) atoms. The monoisotopic (exact) mass is 325 g/mol. The number of carbonyl (C=O) groups is 1. The highest BCUT2D eigenvalue weighted by atomic mass is 16.5. The number of carbonyl (C=O) groups excluding carboxylic acids is 1. The van der Waals surface area contributed by atoms with E-state index in [1.165, 1.54) is 5.56 Å². The van der Waals surface area contributed by atoms with Gasteiger partial charge in [-0.05, 0) is 36.5 Å². The summed E-state index contributed by atoms with van der Waals surface area (Å²) in [4.78, 5) is 12.6. The van der Waals surface area contributed by atoms with Gasteiger partial charge in [0.15, 0.2) is 6.10 Å². The van der Waals surface area contributed by atoms with Gasteiger partial charge in [0.2, 0.25) is 0 Å². The van der Waals surface area contributed by atoms with Crippen LogP contribution in [0, 0.1) is 0 Å². The first-order valence-electron chi connectivity index (χ1n) is 8.38. The lowest BCUT2D eigenvalue weighted by molar-refractivity contribution is -0.134. The molecule has 0 radical (unpaired) electrons. The zero-order valence-electron chi connectivity index (χ0n) is 13.8. The number of rotatable bonds is 5. The van der Waals surface area contributed by atoms with E-state index in [2.05, 4.69) is 5.32 Å². The second-order valence-corrected chi connectivity index (χ2v) is 6.27. The van der Waals surface area contributed by atoms with E-state index in [1.54, 1.807) is 0 Å². The minimum Gasteiger partial charge on any atom is -0.388 e. The molecule has 2 aromatic rings. The van der Waals surface area contributed by atoms with Crippen LogP contribution in [0.4, 0.5) is 0 Å². The molecular formula is C20H23NO3. The Morgan fingerprint density at radius 1 is 1.21 bits per heavy atom. The van der Waals surface area contributed by atoms with Crippen LogP contribution in [0.15, 0.2) is 54.6 Å². The Kier molecular flexibility index (Phi) is 5.28. The maximum absolute atomic E-state index is 12.6. The molecule has 4 heteroatoms. The minimum absolute atomic E-state index is 0.144. The molecule has 0 aromatic heterocycles. The van der Waals surface area contributed by atoms with Crippen LogP contribution in [-0.2, 0) is 16.0 Å². The third-order valence-electron chi connectivity index (χ3n) is 4.38. The molecular weight excluding hydrogens is 302 g/mol. The Hall–Kier alpha value is -2.17. The summed E-state index contributed by atoms with van der Waals surface area (Å²) in [5, 5.41) is 13.3. The maximum atomic E-state index is 12.6. The van der Waals surface area contributed by atoms with Crippen LogP contribution in [0.2, 0.25) is 0 Å². The van der Waals surface area contributed by atoms with Crippen molar-refractivity contribution in [2.45, 2.75) is 38.0 Å². The number of benzene rings is 2. The lowest BCUT2D eigenvalue weighted by atomic mass is 9.96. The molecule has 0 saturated heterocycles. The summed E-state index contributed by atoms with van der Waals surface area (Å²) < 4.78 is 5.68. The van der Waals surface area contributed by atoms with E-state index in [9.17, 15) is 9.90 Å². The van der Waals surface area contributed by atoms with Crippen molar-refractivity contribution in [3.63, 3.8) is 0 Å². The van der Waals surface area contributed by atoms with E-state index >= 15 is 0 Å². The van der Waals surface area contributed by atoms with Gasteiger partial charge in [-0.3, -0.25) is 4.79 Å². The molecule has 0 spiro atoms. The van der Waals surface area contributed by atoms with Gasteiger partial charge >= 0.3 is 0 Å². The number of ether oxygens (including phenoxy) is 1. The first kappa shape index (κ1) is 16.7. The Morgan fingerprint density at radius 3 is 2.71 bits per heavy atom. The molecule has 2 N–H and O–H groups in total. The molecule has 3 atom stereocenters. The molecule has 3 rings (SSSR count). The van der Waals surface area contributed by atoms with Gasteiger partial charge in [-0.15, -0.1) is 0 Å². The fourth-order valence-corrected chi connectivity index (χ4v) is 3.13. The van der Waals surface area contributed by atoms with E-state index in [0.29, 0.717) is 13.0 Å². The molecule has 126 valence electrons. The number of hydrogen-bond acceptors (Lipinski definition) is 3. The van der Waals surface area contributed by atoms with Crippen LogP contribution in [0.1, 0.15) is 42.2 Å². The van der Waals surface area contributed by atoms with Crippen molar-refractivity contribution in [1.29, 1.82) is 0 Å². The average Bonchev–Trinajstić information content (AvgIpc) is 2.61. The highest BCUT2D eigenvalue weighted by Gasteiger charge is 2.28. The zero-order valence-corrected chi connectivity index (χ0v) is 13.8. The molecule has 4 nitrogen and oxygen atoms in total. The molecule has 2 aromatic carbocycles. The first-order chi connectivity index (χ1) is 11.6. The predicted molar refractivity (Wildman–Crippen MR) is 92.5 cm³/mol. The van der Waals surface area contributed by atoms with E-state index in [0.717, 1.165) is 17.5 Å². The molecule has 3 unspecified atom stereocenters. The van der Waals surface area contributed by atoms with Gasteiger partial charge < -0.3 is 15.2 Å². The van der Waals surface area contributed by atoms with Gasteiger partial charge in [-0.1, -0.05) is 54.6 Å². The fraction of sp³-hybridized carbons (Fsp3) is 0.350. The fourth-order valence-electron chi connectivity index (χ4n) is 3.13. The molecule has 0 saturated carbocycles. The molecule has 0 aliphatic carbocycles. The maximum Gasteiger partial charge on any atom is 0.253 e. The van der Waals surface area contributed by atoms with Crippen LogP contribution in [-0.4, -0.2) is 23.7 Å². The quantitative estimate of drug-likeness (QED) is 0.888. The second-order valence-electron chi connectivity index (χ2n) is 6.27. The molecule has 1 aliphatic rings. The van der Waals surface area contributed by atoms with Gasteiger partial charge in [-0.25, -0.2) is 0 Å². The molecule has 1 aliphatic heterocycles. The zero-order chi connectivity index (χ0) is 16.9. The summed E-state index contributed by atoms with van der Waals surface area (Å²) in [5.74, 6) is -0.144. The van der Waals surface area contributed by atoms with Crippen LogP contribution in [0.3, 0.4) is 0 Å². The van der Waals surface area contributed by atoms with Crippen molar-refractivity contribution in [1.82, 2.24) is 5.32 Å². The largest absolute Gasteiger partial charge is 0.388 e. The Morgan fingerprint density at radius 2 is 1.92 bits per heavy atom. The Bertz CT molecular complexity index is 686.